The molecule has 3 nitrogen and oxygen atoms in total. The molecule has 0 saturated heterocycles. The van der Waals surface area contributed by atoms with Crippen LogP contribution < -0.4 is 5.32 Å². The number of nitrogens with one attached hydrogen (secondary N) is 1. The van der Waals surface area contributed by atoms with Crippen molar-refractivity contribution in [3.63, 3.8) is 0 Å². The topological polar surface area (TPSA) is 38.3 Å². The van der Waals surface area contributed by atoms with Crippen LogP contribution in [-0.4, -0.2) is 36.2 Å². The SMILES string of the molecule is CCOC(=O)C(C)CNC1CCC(SCC)C1. The van der Waals surface area contributed by atoms with Crippen LogP contribution in [0.1, 0.15) is 40.0 Å². The second-order valence-corrected chi connectivity index (χ2v) is 6.23. The first-order valence-corrected chi connectivity index (χ1v) is 7.73. The Morgan fingerprint density at radius 1 is 1.47 bits per heavy atom. The Morgan fingerprint density at radius 2 is 2.24 bits per heavy atom. The van der Waals surface area contributed by atoms with E-state index in [2.05, 4.69) is 24.0 Å². The molecule has 3 unspecified atom stereocenters. The fourth-order valence-electron chi connectivity index (χ4n) is 2.22. The lowest BCUT2D eigenvalue weighted by molar-refractivity contribution is -0.147. The molecule has 1 aliphatic carbocycles. The predicted molar refractivity (Wildman–Crippen MR) is 73.4 cm³/mol. The second kappa shape index (κ2) is 7.98. The second-order valence-electron chi connectivity index (χ2n) is 4.65. The van der Waals surface area contributed by atoms with Gasteiger partial charge in [0.2, 0.25) is 0 Å². The van der Waals surface area contributed by atoms with Crippen molar-refractivity contribution in [2.75, 3.05) is 18.9 Å². The molecule has 3 atom stereocenters. The van der Waals surface area contributed by atoms with E-state index in [0.717, 1.165) is 11.8 Å². The molecule has 1 aliphatic rings. The molecule has 4 heteroatoms. The number of carbonyl (C=O) groups excluding carboxylic acids is 1. The molecule has 1 fully saturated rings. The van der Waals surface area contributed by atoms with Crippen molar-refractivity contribution < 1.29 is 9.53 Å². The standard InChI is InChI=1S/C13H25NO2S/c1-4-16-13(15)10(3)9-14-11-6-7-12(8-11)17-5-2/h10-12,14H,4-9H2,1-3H3. The Balaban J connectivity index is 2.16. The minimum absolute atomic E-state index is 0.0344. The first-order valence-electron chi connectivity index (χ1n) is 6.69. The average Bonchev–Trinajstić information content (AvgIpc) is 2.74. The molecule has 0 aromatic rings. The van der Waals surface area contributed by atoms with Gasteiger partial charge in [-0.2, -0.15) is 11.8 Å². The minimum atomic E-state index is -0.0857. The molecule has 100 valence electrons. The summed E-state index contributed by atoms with van der Waals surface area (Å²) in [5.74, 6) is 1.08. The third kappa shape index (κ3) is 5.30. The van der Waals surface area contributed by atoms with Crippen LogP contribution >= 0.6 is 11.8 Å². The zero-order valence-electron chi connectivity index (χ0n) is 11.2. The molecule has 0 heterocycles. The van der Waals surface area contributed by atoms with Crippen molar-refractivity contribution >= 4 is 17.7 Å². The van der Waals surface area contributed by atoms with Gasteiger partial charge in [0.15, 0.2) is 0 Å². The summed E-state index contributed by atoms with van der Waals surface area (Å²) >= 11 is 2.06. The van der Waals surface area contributed by atoms with E-state index in [9.17, 15) is 4.79 Å². The monoisotopic (exact) mass is 259 g/mol. The molecule has 17 heavy (non-hydrogen) atoms. The number of esters is 1. The van der Waals surface area contributed by atoms with E-state index < -0.39 is 0 Å². The van der Waals surface area contributed by atoms with E-state index in [1.54, 1.807) is 0 Å². The lowest BCUT2D eigenvalue weighted by atomic mass is 10.1. The summed E-state index contributed by atoms with van der Waals surface area (Å²) in [5.41, 5.74) is 0. The van der Waals surface area contributed by atoms with Crippen molar-refractivity contribution in [1.29, 1.82) is 0 Å². The van der Waals surface area contributed by atoms with Crippen molar-refractivity contribution in [3.8, 4) is 0 Å². The largest absolute Gasteiger partial charge is 0.466 e. The van der Waals surface area contributed by atoms with Gasteiger partial charge in [-0.25, -0.2) is 0 Å². The smallest absolute Gasteiger partial charge is 0.309 e. The molecule has 1 N–H and O–H groups in total. The Bertz CT molecular complexity index is 235. The first-order chi connectivity index (χ1) is 8.17. The van der Waals surface area contributed by atoms with Crippen molar-refractivity contribution in [2.24, 2.45) is 5.92 Å². The molecule has 0 aliphatic heterocycles. The maximum Gasteiger partial charge on any atom is 0.309 e. The van der Waals surface area contributed by atoms with Gasteiger partial charge in [0.1, 0.15) is 0 Å². The number of hydrogen-bond acceptors (Lipinski definition) is 4. The van der Waals surface area contributed by atoms with Gasteiger partial charge in [-0.05, 0) is 31.9 Å². The molecule has 1 rings (SSSR count). The number of ether oxygens (including phenoxy) is 1. The predicted octanol–water partition coefficient (Wildman–Crippen LogP) is 2.45. The number of rotatable bonds is 7. The van der Waals surface area contributed by atoms with Gasteiger partial charge in [-0.3, -0.25) is 4.79 Å². The van der Waals surface area contributed by atoms with Gasteiger partial charge >= 0.3 is 5.97 Å². The third-order valence-electron chi connectivity index (χ3n) is 3.19. The summed E-state index contributed by atoms with van der Waals surface area (Å²) in [6, 6.07) is 0.593. The zero-order chi connectivity index (χ0) is 12.7. The molecule has 0 bridgehead atoms. The highest BCUT2D eigenvalue weighted by Gasteiger charge is 2.25. The Kier molecular flexibility index (Phi) is 6.97. The van der Waals surface area contributed by atoms with Gasteiger partial charge in [-0.15, -0.1) is 0 Å². The normalized spacial score (nSPS) is 25.8. The zero-order valence-corrected chi connectivity index (χ0v) is 12.0. The third-order valence-corrected chi connectivity index (χ3v) is 4.42. The van der Waals surface area contributed by atoms with E-state index >= 15 is 0 Å². The fourth-order valence-corrected chi connectivity index (χ4v) is 3.37. The number of hydrogen-bond donors (Lipinski definition) is 1. The Labute approximate surface area is 109 Å². The van der Waals surface area contributed by atoms with Gasteiger partial charge in [0, 0.05) is 17.8 Å². The summed E-state index contributed by atoms with van der Waals surface area (Å²) in [6.45, 7) is 7.21. The maximum atomic E-state index is 11.4. The molecule has 1 saturated carbocycles. The first kappa shape index (κ1) is 14.8. The summed E-state index contributed by atoms with van der Waals surface area (Å²) in [7, 11) is 0. The molecule has 0 aromatic carbocycles. The minimum Gasteiger partial charge on any atom is -0.466 e. The number of carbonyl (C=O) groups is 1. The average molecular weight is 259 g/mol. The van der Waals surface area contributed by atoms with Crippen molar-refractivity contribution in [1.82, 2.24) is 5.32 Å². The van der Waals surface area contributed by atoms with E-state index in [0.29, 0.717) is 12.6 Å². The van der Waals surface area contributed by atoms with Crippen LogP contribution in [0.5, 0.6) is 0 Å². The van der Waals surface area contributed by atoms with Crippen molar-refractivity contribution in [3.05, 3.63) is 0 Å². The van der Waals surface area contributed by atoms with E-state index in [1.165, 1.54) is 25.0 Å². The highest BCUT2D eigenvalue weighted by molar-refractivity contribution is 7.99. The van der Waals surface area contributed by atoms with Gasteiger partial charge in [0.25, 0.3) is 0 Å². The Hall–Kier alpha value is -0.220. The van der Waals surface area contributed by atoms with Crippen LogP contribution in [0.2, 0.25) is 0 Å². The van der Waals surface area contributed by atoms with E-state index in [4.69, 9.17) is 4.74 Å². The van der Waals surface area contributed by atoms with E-state index in [1.807, 2.05) is 13.8 Å². The highest BCUT2D eigenvalue weighted by Crippen LogP contribution is 2.29. The molecule has 0 aromatic heterocycles. The summed E-state index contributed by atoms with van der Waals surface area (Å²) in [5, 5.41) is 4.31. The fraction of sp³-hybridized carbons (Fsp3) is 0.923. The van der Waals surface area contributed by atoms with Crippen LogP contribution in [0, 0.1) is 5.92 Å². The quantitative estimate of drug-likeness (QED) is 0.713. The van der Waals surface area contributed by atoms with Crippen LogP contribution in [0.3, 0.4) is 0 Å². The lowest BCUT2D eigenvalue weighted by Crippen LogP contribution is -2.34. The Morgan fingerprint density at radius 3 is 2.88 bits per heavy atom. The van der Waals surface area contributed by atoms with Gasteiger partial charge in [-0.1, -0.05) is 13.8 Å². The van der Waals surface area contributed by atoms with Gasteiger partial charge in [0.05, 0.1) is 12.5 Å². The molecule has 0 spiro atoms. The van der Waals surface area contributed by atoms with Crippen LogP contribution in [0.4, 0.5) is 0 Å². The van der Waals surface area contributed by atoms with Crippen LogP contribution in [-0.2, 0) is 9.53 Å². The molecule has 0 amide bonds. The molecular weight excluding hydrogens is 234 g/mol. The molecular formula is C13H25NO2S. The van der Waals surface area contributed by atoms with E-state index in [-0.39, 0.29) is 11.9 Å². The van der Waals surface area contributed by atoms with Crippen LogP contribution in [0.15, 0.2) is 0 Å². The van der Waals surface area contributed by atoms with Gasteiger partial charge < -0.3 is 10.1 Å². The van der Waals surface area contributed by atoms with Crippen LogP contribution in [0.25, 0.3) is 0 Å². The summed E-state index contributed by atoms with van der Waals surface area (Å²) in [4.78, 5) is 11.4. The molecule has 0 radical (unpaired) electrons. The lowest BCUT2D eigenvalue weighted by Gasteiger charge is -2.16. The summed E-state index contributed by atoms with van der Waals surface area (Å²) < 4.78 is 5.00. The summed E-state index contributed by atoms with van der Waals surface area (Å²) in [6.07, 6.45) is 3.80. The number of thioether (sulfide) groups is 1. The van der Waals surface area contributed by atoms with Crippen molar-refractivity contribution in [2.45, 2.75) is 51.3 Å². The highest BCUT2D eigenvalue weighted by atomic mass is 32.2. The maximum absolute atomic E-state index is 11.4.